The fourth-order valence-corrected chi connectivity index (χ4v) is 5.51. The molecule has 1 heterocycles. The Morgan fingerprint density at radius 3 is 2.28 bits per heavy atom. The lowest BCUT2D eigenvalue weighted by atomic mass is 9.91. The van der Waals surface area contributed by atoms with Crippen molar-refractivity contribution in [2.75, 3.05) is 0 Å². The van der Waals surface area contributed by atoms with Crippen LogP contribution in [0.15, 0.2) is 24.3 Å². The quantitative estimate of drug-likeness (QED) is 0.457. The minimum Gasteiger partial charge on any atom is -0.506 e. The molecular formula is C21H22I2N2O4. The van der Waals surface area contributed by atoms with Crippen LogP contribution in [0.4, 0.5) is 0 Å². The number of nitrogens with two attached hydrogens (primary N) is 1. The molecule has 0 fully saturated rings. The van der Waals surface area contributed by atoms with Crippen LogP contribution >= 0.6 is 45.2 Å². The van der Waals surface area contributed by atoms with Gasteiger partial charge in [-0.1, -0.05) is 24.3 Å². The van der Waals surface area contributed by atoms with E-state index in [4.69, 9.17) is 5.73 Å². The van der Waals surface area contributed by atoms with E-state index in [2.05, 4.69) is 45.2 Å². The third-order valence-corrected chi connectivity index (χ3v) is 8.18. The number of benzene rings is 2. The molecule has 0 spiro atoms. The monoisotopic (exact) mass is 620 g/mol. The van der Waals surface area contributed by atoms with Gasteiger partial charge in [-0.2, -0.15) is 0 Å². The zero-order valence-electron chi connectivity index (χ0n) is 16.1. The second kappa shape index (κ2) is 8.76. The molecule has 1 aliphatic heterocycles. The predicted octanol–water partition coefficient (Wildman–Crippen LogP) is 3.13. The topological polar surface area (TPSA) is 104 Å². The van der Waals surface area contributed by atoms with Crippen LogP contribution in [0.5, 0.6) is 5.75 Å². The van der Waals surface area contributed by atoms with Crippen LogP contribution in [0.2, 0.25) is 0 Å². The van der Waals surface area contributed by atoms with Crippen molar-refractivity contribution in [3.8, 4) is 5.75 Å². The number of nitrogens with zero attached hydrogens (tertiary/aromatic N) is 1. The number of aromatic hydroxyl groups is 1. The maximum Gasteiger partial charge on any atom is 0.326 e. The first-order chi connectivity index (χ1) is 13.6. The summed E-state index contributed by atoms with van der Waals surface area (Å²) < 4.78 is 1.48. The standard InChI is InChI=1S/C21H22I2N2O4/c1-10-14(11(2)18(23)19(26)17(10)22)8-15(24)20(27)25-9-13-6-4-3-5-12(13)7-16(25)21(28)29/h3-6,15-16,26H,7-9,24H2,1-2H3,(H,28,29)/t15-,16?/m0/s1. The highest BCUT2D eigenvalue weighted by molar-refractivity contribution is 14.1. The minimum absolute atomic E-state index is 0.238. The molecule has 0 radical (unpaired) electrons. The van der Waals surface area contributed by atoms with Crippen LogP contribution in [0, 0.1) is 21.0 Å². The van der Waals surface area contributed by atoms with Gasteiger partial charge in [-0.3, -0.25) is 4.79 Å². The summed E-state index contributed by atoms with van der Waals surface area (Å²) in [7, 11) is 0. The predicted molar refractivity (Wildman–Crippen MR) is 127 cm³/mol. The molecule has 0 saturated heterocycles. The number of carbonyl (C=O) groups excluding carboxylic acids is 1. The highest BCUT2D eigenvalue weighted by atomic mass is 127. The summed E-state index contributed by atoms with van der Waals surface area (Å²) in [5.74, 6) is -1.16. The third kappa shape index (κ3) is 4.24. The van der Waals surface area contributed by atoms with Crippen molar-refractivity contribution in [1.82, 2.24) is 4.90 Å². The number of hydrogen-bond acceptors (Lipinski definition) is 4. The fraction of sp³-hybridized carbons (Fsp3) is 0.333. The summed E-state index contributed by atoms with van der Waals surface area (Å²) in [5.41, 5.74) is 10.9. The Morgan fingerprint density at radius 1 is 1.17 bits per heavy atom. The molecule has 29 heavy (non-hydrogen) atoms. The van der Waals surface area contributed by atoms with Gasteiger partial charge in [0, 0.05) is 13.0 Å². The molecule has 0 saturated carbocycles. The van der Waals surface area contributed by atoms with E-state index >= 15 is 0 Å². The molecular weight excluding hydrogens is 598 g/mol. The van der Waals surface area contributed by atoms with Crippen molar-refractivity contribution >= 4 is 57.1 Å². The normalized spacial score (nSPS) is 17.0. The van der Waals surface area contributed by atoms with Gasteiger partial charge in [0.25, 0.3) is 0 Å². The third-order valence-electron chi connectivity index (χ3n) is 5.54. The molecule has 2 atom stereocenters. The van der Waals surface area contributed by atoms with Gasteiger partial charge in [0.05, 0.1) is 13.2 Å². The summed E-state index contributed by atoms with van der Waals surface area (Å²) in [6, 6.07) is 5.79. The zero-order chi connectivity index (χ0) is 21.5. The average Bonchev–Trinajstić information content (AvgIpc) is 2.72. The number of aliphatic carboxylic acids is 1. The summed E-state index contributed by atoms with van der Waals surface area (Å²) in [4.78, 5) is 26.4. The summed E-state index contributed by atoms with van der Waals surface area (Å²) in [6.45, 7) is 4.03. The molecule has 4 N–H and O–H groups in total. The Labute approximate surface area is 196 Å². The molecule has 2 aromatic rings. The van der Waals surface area contributed by atoms with Gasteiger partial charge in [0.15, 0.2) is 0 Å². The second-order valence-electron chi connectivity index (χ2n) is 7.31. The van der Waals surface area contributed by atoms with Crippen molar-refractivity contribution in [1.29, 1.82) is 0 Å². The Morgan fingerprint density at radius 2 is 1.72 bits per heavy atom. The van der Waals surface area contributed by atoms with Gasteiger partial charge < -0.3 is 20.8 Å². The van der Waals surface area contributed by atoms with E-state index < -0.39 is 18.1 Å². The number of halogens is 2. The Bertz CT molecular complexity index is 964. The number of amides is 1. The van der Waals surface area contributed by atoms with Crippen LogP contribution in [0.1, 0.15) is 27.8 Å². The maximum absolute atomic E-state index is 13.2. The Kier molecular flexibility index (Phi) is 6.74. The molecule has 1 unspecified atom stereocenters. The Hall–Kier alpha value is -1.40. The van der Waals surface area contributed by atoms with Crippen LogP contribution in [-0.4, -0.2) is 39.1 Å². The molecule has 2 aromatic carbocycles. The van der Waals surface area contributed by atoms with Gasteiger partial charge in [0.2, 0.25) is 5.91 Å². The van der Waals surface area contributed by atoms with E-state index in [0.717, 1.165) is 35.0 Å². The summed E-state index contributed by atoms with van der Waals surface area (Å²) in [5, 5.41) is 19.9. The largest absolute Gasteiger partial charge is 0.506 e. The number of carboxylic acids is 1. The molecule has 154 valence electrons. The lowest BCUT2D eigenvalue weighted by molar-refractivity contribution is -0.152. The molecule has 8 heteroatoms. The van der Waals surface area contributed by atoms with E-state index in [-0.39, 0.29) is 31.0 Å². The molecule has 1 amide bonds. The van der Waals surface area contributed by atoms with Crippen LogP contribution in [0.3, 0.4) is 0 Å². The van der Waals surface area contributed by atoms with Crippen molar-refractivity contribution in [2.45, 2.75) is 45.3 Å². The van der Waals surface area contributed by atoms with Gasteiger partial charge in [-0.15, -0.1) is 0 Å². The van der Waals surface area contributed by atoms with Gasteiger partial charge in [-0.05, 0) is 93.3 Å². The van der Waals surface area contributed by atoms with Crippen LogP contribution in [0.25, 0.3) is 0 Å². The van der Waals surface area contributed by atoms with Crippen molar-refractivity contribution in [3.63, 3.8) is 0 Å². The van der Waals surface area contributed by atoms with Gasteiger partial charge in [0.1, 0.15) is 11.8 Å². The van der Waals surface area contributed by atoms with Crippen LogP contribution in [-0.2, 0) is 29.0 Å². The first-order valence-corrected chi connectivity index (χ1v) is 11.3. The number of fused-ring (bicyclic) bond motifs is 1. The lowest BCUT2D eigenvalue weighted by Gasteiger charge is -2.36. The number of phenolic OH excluding ortho intramolecular Hbond substituents is 1. The van der Waals surface area contributed by atoms with E-state index in [0.29, 0.717) is 0 Å². The summed E-state index contributed by atoms with van der Waals surface area (Å²) in [6.07, 6.45) is 0.560. The second-order valence-corrected chi connectivity index (χ2v) is 9.47. The number of phenols is 1. The Balaban J connectivity index is 1.90. The maximum atomic E-state index is 13.2. The first-order valence-electron chi connectivity index (χ1n) is 9.15. The number of hydrogen-bond donors (Lipinski definition) is 3. The van der Waals surface area contributed by atoms with E-state index in [1.165, 1.54) is 4.90 Å². The number of carboxylic acid groups (broad SMARTS) is 1. The smallest absolute Gasteiger partial charge is 0.326 e. The van der Waals surface area contributed by atoms with Crippen LogP contribution < -0.4 is 5.73 Å². The first kappa shape index (κ1) is 22.3. The fourth-order valence-electron chi connectivity index (χ4n) is 3.80. The van der Waals surface area contributed by atoms with E-state index in [1.54, 1.807) is 0 Å². The number of carbonyl (C=O) groups is 2. The van der Waals surface area contributed by atoms with Crippen molar-refractivity contribution < 1.29 is 19.8 Å². The van der Waals surface area contributed by atoms with E-state index in [9.17, 15) is 19.8 Å². The molecule has 3 rings (SSSR count). The highest BCUT2D eigenvalue weighted by Crippen LogP contribution is 2.35. The number of rotatable bonds is 4. The highest BCUT2D eigenvalue weighted by Gasteiger charge is 2.36. The zero-order valence-corrected chi connectivity index (χ0v) is 20.4. The van der Waals surface area contributed by atoms with Crippen molar-refractivity contribution in [2.24, 2.45) is 5.73 Å². The molecule has 0 bridgehead atoms. The minimum atomic E-state index is -1.03. The lowest BCUT2D eigenvalue weighted by Crippen LogP contribution is -2.54. The van der Waals surface area contributed by atoms with Gasteiger partial charge >= 0.3 is 5.97 Å². The molecule has 0 aliphatic carbocycles. The summed E-state index contributed by atoms with van der Waals surface area (Å²) >= 11 is 4.18. The molecule has 1 aliphatic rings. The van der Waals surface area contributed by atoms with Gasteiger partial charge in [-0.25, -0.2) is 4.79 Å². The molecule has 0 aromatic heterocycles. The van der Waals surface area contributed by atoms with E-state index in [1.807, 2.05) is 38.1 Å². The van der Waals surface area contributed by atoms with Crippen molar-refractivity contribution in [3.05, 3.63) is 59.2 Å². The SMILES string of the molecule is Cc1c(I)c(O)c(I)c(C)c1C[C@H](N)C(=O)N1Cc2ccccc2CC1C(=O)O. The average molecular weight is 620 g/mol. The molecule has 6 nitrogen and oxygen atoms in total.